The maximum atomic E-state index is 12.3. The fraction of sp³-hybridized carbons (Fsp3) is 0.385. The molecule has 0 aliphatic carbocycles. The molecule has 94 valence electrons. The molecule has 1 nitrogen and oxygen atoms in total. The van der Waals surface area contributed by atoms with Crippen molar-refractivity contribution in [3.8, 4) is 0 Å². The fourth-order valence-corrected chi connectivity index (χ4v) is 1.55. The van der Waals surface area contributed by atoms with Gasteiger partial charge in [-0.05, 0) is 24.2 Å². The Morgan fingerprint density at radius 3 is 2.24 bits per heavy atom. The molecule has 0 bridgehead atoms. The molecule has 4 heteroatoms. The molecule has 0 spiro atoms. The molecule has 1 rings (SSSR count). The molecule has 1 aromatic rings. The highest BCUT2D eigenvalue weighted by atomic mass is 19.4. The monoisotopic (exact) mass is 243 g/mol. The van der Waals surface area contributed by atoms with Crippen LogP contribution < -0.4 is 0 Å². The Balaban J connectivity index is 2.71. The smallest absolute Gasteiger partial charge is 0.296 e. The summed E-state index contributed by atoms with van der Waals surface area (Å²) in [5.41, 5.74) is 0.273. The standard InChI is InChI=1S/C13H16F3N/c1-3-9-17(4-2)10-11-5-7-12(8-6-11)13(14,15)16/h3,5-8H,1,4,9-10H2,2H3. The van der Waals surface area contributed by atoms with Gasteiger partial charge in [-0.2, -0.15) is 13.2 Å². The molecule has 0 aliphatic heterocycles. The van der Waals surface area contributed by atoms with Gasteiger partial charge in [-0.25, -0.2) is 0 Å². The molecular weight excluding hydrogens is 227 g/mol. The third-order valence-corrected chi connectivity index (χ3v) is 2.52. The molecule has 0 radical (unpaired) electrons. The predicted molar refractivity (Wildman–Crippen MR) is 62.6 cm³/mol. The summed E-state index contributed by atoms with van der Waals surface area (Å²) in [6.07, 6.45) is -2.47. The lowest BCUT2D eigenvalue weighted by Gasteiger charge is -2.18. The van der Waals surface area contributed by atoms with Gasteiger partial charge in [0.25, 0.3) is 0 Å². The Morgan fingerprint density at radius 1 is 1.24 bits per heavy atom. The van der Waals surface area contributed by atoms with Gasteiger partial charge in [0.1, 0.15) is 0 Å². The van der Waals surface area contributed by atoms with Gasteiger partial charge < -0.3 is 0 Å². The van der Waals surface area contributed by atoms with Crippen LogP contribution in [0.15, 0.2) is 36.9 Å². The van der Waals surface area contributed by atoms with E-state index in [0.29, 0.717) is 6.54 Å². The molecular formula is C13H16F3N. The summed E-state index contributed by atoms with van der Waals surface area (Å²) in [6.45, 7) is 7.87. The van der Waals surface area contributed by atoms with Gasteiger partial charge in [0.15, 0.2) is 0 Å². The van der Waals surface area contributed by atoms with Crippen molar-refractivity contribution in [3.05, 3.63) is 48.0 Å². The minimum absolute atomic E-state index is 0.604. The highest BCUT2D eigenvalue weighted by Gasteiger charge is 2.29. The topological polar surface area (TPSA) is 3.24 Å². The Kier molecular flexibility index (Phi) is 4.75. The number of halogens is 3. The Hall–Kier alpha value is -1.29. The van der Waals surface area contributed by atoms with Gasteiger partial charge in [0, 0.05) is 13.1 Å². The second-order valence-electron chi connectivity index (χ2n) is 3.81. The van der Waals surface area contributed by atoms with Crippen molar-refractivity contribution in [1.82, 2.24) is 4.90 Å². The maximum absolute atomic E-state index is 12.3. The van der Waals surface area contributed by atoms with Gasteiger partial charge in [0.2, 0.25) is 0 Å². The number of hydrogen-bond donors (Lipinski definition) is 0. The summed E-state index contributed by atoms with van der Waals surface area (Å²) in [5.74, 6) is 0. The van der Waals surface area contributed by atoms with Crippen LogP contribution >= 0.6 is 0 Å². The molecule has 0 heterocycles. The molecule has 0 saturated heterocycles. The average molecular weight is 243 g/mol. The first-order valence-corrected chi connectivity index (χ1v) is 5.46. The number of likely N-dealkylation sites (N-methyl/N-ethyl adjacent to an activating group) is 1. The molecule has 0 saturated carbocycles. The van der Waals surface area contributed by atoms with Crippen LogP contribution in [0.25, 0.3) is 0 Å². The van der Waals surface area contributed by atoms with Crippen LogP contribution in [-0.2, 0) is 12.7 Å². The number of alkyl halides is 3. The van der Waals surface area contributed by atoms with Gasteiger partial charge >= 0.3 is 6.18 Å². The summed E-state index contributed by atoms with van der Waals surface area (Å²) >= 11 is 0. The first-order valence-electron chi connectivity index (χ1n) is 5.46. The number of rotatable bonds is 5. The molecule has 0 fully saturated rings. The second kappa shape index (κ2) is 5.87. The lowest BCUT2D eigenvalue weighted by atomic mass is 10.1. The van der Waals surface area contributed by atoms with Crippen molar-refractivity contribution in [2.24, 2.45) is 0 Å². The number of hydrogen-bond acceptors (Lipinski definition) is 1. The maximum Gasteiger partial charge on any atom is 0.416 e. The molecule has 0 amide bonds. The fourth-order valence-electron chi connectivity index (χ4n) is 1.55. The van der Waals surface area contributed by atoms with E-state index < -0.39 is 11.7 Å². The molecule has 17 heavy (non-hydrogen) atoms. The summed E-state index contributed by atoms with van der Waals surface area (Å²) < 4.78 is 37.0. The lowest BCUT2D eigenvalue weighted by molar-refractivity contribution is -0.137. The minimum Gasteiger partial charge on any atom is -0.296 e. The Morgan fingerprint density at radius 2 is 1.82 bits per heavy atom. The van der Waals surface area contributed by atoms with E-state index in [4.69, 9.17) is 0 Å². The van der Waals surface area contributed by atoms with E-state index in [-0.39, 0.29) is 0 Å². The molecule has 0 atom stereocenters. The van der Waals surface area contributed by atoms with E-state index in [1.165, 1.54) is 12.1 Å². The largest absolute Gasteiger partial charge is 0.416 e. The molecule has 1 aromatic carbocycles. The highest BCUT2D eigenvalue weighted by Crippen LogP contribution is 2.29. The zero-order chi connectivity index (χ0) is 12.9. The van der Waals surface area contributed by atoms with Crippen LogP contribution in [0.5, 0.6) is 0 Å². The molecule has 0 unspecified atom stereocenters. The van der Waals surface area contributed by atoms with Crippen LogP contribution in [-0.4, -0.2) is 18.0 Å². The molecule has 0 N–H and O–H groups in total. The van der Waals surface area contributed by atoms with Crippen LogP contribution in [0.3, 0.4) is 0 Å². The first-order chi connectivity index (χ1) is 7.97. The van der Waals surface area contributed by atoms with E-state index in [0.717, 1.165) is 30.8 Å². The van der Waals surface area contributed by atoms with Gasteiger partial charge in [0.05, 0.1) is 5.56 Å². The summed E-state index contributed by atoms with van der Waals surface area (Å²) in [6, 6.07) is 5.29. The first kappa shape index (κ1) is 13.8. The Bertz CT molecular complexity index is 354. The van der Waals surface area contributed by atoms with E-state index in [1.807, 2.05) is 6.92 Å². The van der Waals surface area contributed by atoms with Crippen LogP contribution in [0.1, 0.15) is 18.1 Å². The normalized spacial score (nSPS) is 11.8. The zero-order valence-corrected chi connectivity index (χ0v) is 9.80. The summed E-state index contributed by atoms with van der Waals surface area (Å²) in [7, 11) is 0. The lowest BCUT2D eigenvalue weighted by Crippen LogP contribution is -2.22. The second-order valence-corrected chi connectivity index (χ2v) is 3.81. The van der Waals surface area contributed by atoms with Crippen LogP contribution in [0.4, 0.5) is 13.2 Å². The van der Waals surface area contributed by atoms with E-state index in [9.17, 15) is 13.2 Å². The van der Waals surface area contributed by atoms with Crippen LogP contribution in [0.2, 0.25) is 0 Å². The van der Waals surface area contributed by atoms with Crippen LogP contribution in [0, 0.1) is 0 Å². The predicted octanol–water partition coefficient (Wildman–Crippen LogP) is 3.71. The summed E-state index contributed by atoms with van der Waals surface area (Å²) in [4.78, 5) is 2.09. The van der Waals surface area contributed by atoms with Gasteiger partial charge in [-0.1, -0.05) is 25.1 Å². The average Bonchev–Trinajstić information content (AvgIpc) is 2.28. The Labute approximate surface area is 99.6 Å². The summed E-state index contributed by atoms with van der Waals surface area (Å²) in [5, 5.41) is 0. The van der Waals surface area contributed by atoms with Crippen molar-refractivity contribution >= 4 is 0 Å². The quantitative estimate of drug-likeness (QED) is 0.712. The molecule has 0 aliphatic rings. The van der Waals surface area contributed by atoms with Crippen molar-refractivity contribution in [2.45, 2.75) is 19.6 Å². The number of nitrogens with zero attached hydrogens (tertiary/aromatic N) is 1. The van der Waals surface area contributed by atoms with E-state index in [1.54, 1.807) is 6.08 Å². The minimum atomic E-state index is -4.26. The van der Waals surface area contributed by atoms with E-state index >= 15 is 0 Å². The highest BCUT2D eigenvalue weighted by molar-refractivity contribution is 5.24. The van der Waals surface area contributed by atoms with Gasteiger partial charge in [-0.3, -0.25) is 4.90 Å². The third-order valence-electron chi connectivity index (χ3n) is 2.52. The van der Waals surface area contributed by atoms with Crippen molar-refractivity contribution in [2.75, 3.05) is 13.1 Å². The molecule has 0 aromatic heterocycles. The zero-order valence-electron chi connectivity index (χ0n) is 9.80. The SMILES string of the molecule is C=CCN(CC)Cc1ccc(C(F)(F)F)cc1. The van der Waals surface area contributed by atoms with Crippen molar-refractivity contribution in [1.29, 1.82) is 0 Å². The third kappa shape index (κ3) is 4.23. The van der Waals surface area contributed by atoms with Gasteiger partial charge in [-0.15, -0.1) is 6.58 Å². The van der Waals surface area contributed by atoms with E-state index in [2.05, 4.69) is 11.5 Å². The number of benzene rings is 1. The van der Waals surface area contributed by atoms with Crippen molar-refractivity contribution in [3.63, 3.8) is 0 Å². The van der Waals surface area contributed by atoms with Crippen molar-refractivity contribution < 1.29 is 13.2 Å².